The van der Waals surface area contributed by atoms with Crippen LogP contribution in [0, 0.1) is 0 Å². The van der Waals surface area contributed by atoms with E-state index in [2.05, 4.69) is 24.5 Å². The number of aromatic nitrogens is 6. The molecule has 0 radical (unpaired) electrons. The molecular formula is C22H19F5N6S. The summed E-state index contributed by atoms with van der Waals surface area (Å²) in [5, 5.41) is 0. The van der Waals surface area contributed by atoms with E-state index in [1.54, 1.807) is 19.6 Å². The van der Waals surface area contributed by atoms with Crippen LogP contribution in [-0.2, 0) is 13.0 Å². The van der Waals surface area contributed by atoms with Crippen molar-refractivity contribution in [2.24, 2.45) is 7.05 Å². The van der Waals surface area contributed by atoms with Gasteiger partial charge in [0, 0.05) is 42.1 Å². The van der Waals surface area contributed by atoms with Crippen molar-refractivity contribution < 1.29 is 22.0 Å². The van der Waals surface area contributed by atoms with Gasteiger partial charge in [-0.3, -0.25) is 4.98 Å². The number of imidazole rings is 2. The number of rotatable bonds is 6. The Labute approximate surface area is 195 Å². The number of fused-ring (bicyclic) bond motifs is 1. The van der Waals surface area contributed by atoms with E-state index in [-0.39, 0.29) is 11.2 Å². The molecule has 0 bridgehead atoms. The van der Waals surface area contributed by atoms with Gasteiger partial charge in [0.25, 0.3) is 0 Å². The number of aryl methyl sites for hydroxylation is 1. The summed E-state index contributed by atoms with van der Waals surface area (Å²) in [6.07, 6.45) is 2.53. The summed E-state index contributed by atoms with van der Waals surface area (Å²) in [7, 11) is 1.62. The van der Waals surface area contributed by atoms with Gasteiger partial charge < -0.3 is 9.13 Å². The molecule has 0 aliphatic heterocycles. The number of alkyl halides is 5. The van der Waals surface area contributed by atoms with Crippen LogP contribution in [0.25, 0.3) is 33.9 Å². The van der Waals surface area contributed by atoms with Gasteiger partial charge in [-0.15, -0.1) is 11.8 Å². The van der Waals surface area contributed by atoms with Crippen molar-refractivity contribution in [2.75, 3.05) is 5.75 Å². The molecule has 4 aromatic heterocycles. The molecule has 12 heteroatoms. The summed E-state index contributed by atoms with van der Waals surface area (Å²) >= 11 is 1.52. The van der Waals surface area contributed by atoms with Gasteiger partial charge in [-0.25, -0.2) is 15.0 Å². The Balaban J connectivity index is 1.57. The second kappa shape index (κ2) is 8.03. The van der Waals surface area contributed by atoms with Gasteiger partial charge in [-0.2, -0.15) is 22.0 Å². The van der Waals surface area contributed by atoms with Crippen LogP contribution in [0.1, 0.15) is 31.4 Å². The van der Waals surface area contributed by atoms with E-state index in [1.165, 1.54) is 16.3 Å². The molecule has 178 valence electrons. The minimum Gasteiger partial charge on any atom is -0.334 e. The van der Waals surface area contributed by atoms with E-state index in [4.69, 9.17) is 0 Å². The highest BCUT2D eigenvalue weighted by atomic mass is 32.2. The lowest BCUT2D eigenvalue weighted by molar-refractivity contribution is -0.289. The number of nitrogens with zero attached hydrogens (tertiary/aromatic N) is 6. The molecule has 0 amide bonds. The Morgan fingerprint density at radius 2 is 1.82 bits per heavy atom. The molecular weight excluding hydrogens is 475 g/mol. The van der Waals surface area contributed by atoms with E-state index < -0.39 is 17.7 Å². The van der Waals surface area contributed by atoms with Crippen LogP contribution in [0.5, 0.6) is 0 Å². The predicted molar refractivity (Wildman–Crippen MR) is 118 cm³/mol. The van der Waals surface area contributed by atoms with Crippen LogP contribution < -0.4 is 0 Å². The van der Waals surface area contributed by atoms with Crippen LogP contribution in [0.15, 0.2) is 41.9 Å². The van der Waals surface area contributed by atoms with E-state index in [9.17, 15) is 22.0 Å². The fraction of sp³-hybridized carbons (Fsp3) is 0.364. The number of pyridine rings is 2. The lowest BCUT2D eigenvalue weighted by Crippen LogP contribution is -2.33. The molecule has 0 saturated heterocycles. The topological polar surface area (TPSA) is 61.4 Å². The molecule has 1 aliphatic rings. The fourth-order valence-electron chi connectivity index (χ4n) is 3.70. The van der Waals surface area contributed by atoms with Crippen molar-refractivity contribution in [3.8, 4) is 22.8 Å². The molecule has 1 fully saturated rings. The van der Waals surface area contributed by atoms with Crippen molar-refractivity contribution in [3.05, 3.63) is 42.6 Å². The average Bonchev–Trinajstić information content (AvgIpc) is 3.43. The molecule has 0 N–H and O–H groups in total. The van der Waals surface area contributed by atoms with Gasteiger partial charge in [-0.1, -0.05) is 6.92 Å². The summed E-state index contributed by atoms with van der Waals surface area (Å²) in [6.45, 7) is 1.98. The molecule has 0 atom stereocenters. The van der Waals surface area contributed by atoms with Crippen LogP contribution in [-0.4, -0.2) is 41.0 Å². The summed E-state index contributed by atoms with van der Waals surface area (Å²) in [5.41, 5.74) is 0.952. The van der Waals surface area contributed by atoms with E-state index in [0.717, 1.165) is 40.8 Å². The average molecular weight is 494 g/mol. The second-order valence-corrected chi connectivity index (χ2v) is 9.38. The first-order valence-corrected chi connectivity index (χ1v) is 11.5. The third-order valence-electron chi connectivity index (χ3n) is 5.66. The van der Waals surface area contributed by atoms with Gasteiger partial charge in [-0.05, 0) is 30.7 Å². The zero-order valence-electron chi connectivity index (χ0n) is 18.1. The fourth-order valence-corrected chi connectivity index (χ4v) is 4.50. The number of halogens is 5. The molecule has 4 heterocycles. The number of hydrogen-bond acceptors (Lipinski definition) is 5. The zero-order chi connectivity index (χ0) is 24.3. The molecule has 1 aliphatic carbocycles. The minimum absolute atomic E-state index is 0.0690. The van der Waals surface area contributed by atoms with E-state index >= 15 is 0 Å². The van der Waals surface area contributed by atoms with E-state index in [0.29, 0.717) is 23.8 Å². The SMILES string of the molecule is CCSc1cc(-c2cn(C3CC3)cn2)cnc1-c1nc2cc(C(F)(F)C(F)(F)F)cnc2n1C. The normalized spacial score (nSPS) is 14.8. The Bertz CT molecular complexity index is 1370. The molecule has 0 spiro atoms. The second-order valence-electron chi connectivity index (χ2n) is 8.07. The van der Waals surface area contributed by atoms with Crippen LogP contribution >= 0.6 is 11.8 Å². The molecule has 5 rings (SSSR count). The quantitative estimate of drug-likeness (QED) is 0.243. The monoisotopic (exact) mass is 494 g/mol. The van der Waals surface area contributed by atoms with Gasteiger partial charge in [0.05, 0.1) is 17.6 Å². The Kier molecular flexibility index (Phi) is 5.38. The highest BCUT2D eigenvalue weighted by molar-refractivity contribution is 7.99. The standard InChI is InChI=1S/C22H19F5N6S/c1-3-34-17-6-12(16-10-33(11-30-16)14-4-5-14)8-28-18(17)20-31-15-7-13(9-29-19(15)32(20)2)21(23,24)22(25,26)27/h6-11,14H,3-5H2,1-2H3. The van der Waals surface area contributed by atoms with E-state index in [1.807, 2.05) is 19.2 Å². The summed E-state index contributed by atoms with van der Waals surface area (Å²) in [6, 6.07) is 3.16. The first kappa shape index (κ1) is 22.8. The maximum atomic E-state index is 13.8. The third-order valence-corrected chi connectivity index (χ3v) is 6.57. The minimum atomic E-state index is -5.73. The first-order chi connectivity index (χ1) is 16.1. The summed E-state index contributed by atoms with van der Waals surface area (Å²) in [4.78, 5) is 18.0. The van der Waals surface area contributed by atoms with Crippen molar-refractivity contribution in [1.82, 2.24) is 29.1 Å². The third kappa shape index (κ3) is 3.83. The molecule has 6 nitrogen and oxygen atoms in total. The Hall–Kier alpha value is -3.02. The zero-order valence-corrected chi connectivity index (χ0v) is 19.0. The maximum absolute atomic E-state index is 13.8. The van der Waals surface area contributed by atoms with Gasteiger partial charge >= 0.3 is 12.1 Å². The van der Waals surface area contributed by atoms with Crippen molar-refractivity contribution in [2.45, 2.75) is 42.8 Å². The van der Waals surface area contributed by atoms with Crippen LogP contribution in [0.4, 0.5) is 22.0 Å². The highest BCUT2D eigenvalue weighted by Crippen LogP contribution is 2.44. The summed E-state index contributed by atoms with van der Waals surface area (Å²) < 4.78 is 69.7. The van der Waals surface area contributed by atoms with Crippen molar-refractivity contribution >= 4 is 22.9 Å². The maximum Gasteiger partial charge on any atom is 0.458 e. The number of thioether (sulfide) groups is 1. The lowest BCUT2D eigenvalue weighted by Gasteiger charge is -2.19. The smallest absolute Gasteiger partial charge is 0.334 e. The lowest BCUT2D eigenvalue weighted by atomic mass is 10.1. The van der Waals surface area contributed by atoms with Crippen molar-refractivity contribution in [1.29, 1.82) is 0 Å². The summed E-state index contributed by atoms with van der Waals surface area (Å²) in [5.74, 6) is -3.97. The largest absolute Gasteiger partial charge is 0.458 e. The molecule has 0 unspecified atom stereocenters. The molecule has 1 saturated carbocycles. The van der Waals surface area contributed by atoms with Gasteiger partial charge in [0.15, 0.2) is 11.5 Å². The highest BCUT2D eigenvalue weighted by Gasteiger charge is 2.59. The Morgan fingerprint density at radius 3 is 2.50 bits per heavy atom. The van der Waals surface area contributed by atoms with Gasteiger partial charge in [0.1, 0.15) is 11.2 Å². The Morgan fingerprint density at radius 1 is 1.06 bits per heavy atom. The molecule has 34 heavy (non-hydrogen) atoms. The van der Waals surface area contributed by atoms with Crippen LogP contribution in [0.3, 0.4) is 0 Å². The van der Waals surface area contributed by atoms with Crippen LogP contribution in [0.2, 0.25) is 0 Å². The van der Waals surface area contributed by atoms with Gasteiger partial charge in [0.2, 0.25) is 0 Å². The van der Waals surface area contributed by atoms with Crippen molar-refractivity contribution in [3.63, 3.8) is 0 Å². The molecule has 0 aromatic carbocycles. The first-order valence-electron chi connectivity index (χ1n) is 10.5. The predicted octanol–water partition coefficient (Wildman–Crippen LogP) is 5.99. The number of hydrogen-bond donors (Lipinski definition) is 0. The molecule has 4 aromatic rings.